The Balaban J connectivity index is 3.26. The number of thioether (sulfide) groups is 1. The van der Waals surface area contributed by atoms with Gasteiger partial charge in [0.2, 0.25) is 0 Å². The molecule has 0 rings (SSSR count). The van der Waals surface area contributed by atoms with E-state index in [2.05, 4.69) is 0 Å². The number of carbonyl (C=O) groups excluding carboxylic acids is 1. The molecule has 0 aliphatic heterocycles. The van der Waals surface area contributed by atoms with Gasteiger partial charge < -0.3 is 5.11 Å². The molecule has 13 heavy (non-hydrogen) atoms. The molecule has 0 amide bonds. The van der Waals surface area contributed by atoms with Crippen molar-refractivity contribution in [1.82, 2.24) is 0 Å². The predicted octanol–water partition coefficient (Wildman–Crippen LogP) is 1.81. The molecule has 0 aromatic carbocycles. The summed E-state index contributed by atoms with van der Waals surface area (Å²) in [5, 5.41) is 8.33. The smallest absolute Gasteiger partial charge is 0.304 e. The highest BCUT2D eigenvalue weighted by Gasteiger charge is 2.06. The Labute approximate surface area is 82.9 Å². The maximum atomic E-state index is 11.1. The fraction of sp³-hybridized carbons (Fsp3) is 0.778. The van der Waals surface area contributed by atoms with Gasteiger partial charge in [-0.1, -0.05) is 13.8 Å². The standard InChI is InChI=1S/C9H16O3S/c1-7(2)8(10)3-5-13-6-4-9(11)12/h7H,3-6H2,1-2H3,(H,11,12). The molecule has 0 bridgehead atoms. The molecule has 0 saturated heterocycles. The van der Waals surface area contributed by atoms with Gasteiger partial charge in [-0.15, -0.1) is 0 Å². The largest absolute Gasteiger partial charge is 0.481 e. The van der Waals surface area contributed by atoms with E-state index in [4.69, 9.17) is 5.11 Å². The monoisotopic (exact) mass is 204 g/mol. The molecular formula is C9H16O3S. The van der Waals surface area contributed by atoms with Crippen LogP contribution in [0.2, 0.25) is 0 Å². The van der Waals surface area contributed by atoms with Gasteiger partial charge in [0.25, 0.3) is 0 Å². The highest BCUT2D eigenvalue weighted by Crippen LogP contribution is 2.07. The van der Waals surface area contributed by atoms with E-state index in [1.165, 1.54) is 11.8 Å². The molecule has 0 spiro atoms. The minimum Gasteiger partial charge on any atom is -0.481 e. The summed E-state index contributed by atoms with van der Waals surface area (Å²) in [6, 6.07) is 0. The third kappa shape index (κ3) is 7.84. The molecule has 0 aliphatic rings. The predicted molar refractivity (Wildman–Crippen MR) is 54.0 cm³/mol. The SMILES string of the molecule is CC(C)C(=O)CCSCCC(=O)O. The number of carbonyl (C=O) groups is 2. The maximum absolute atomic E-state index is 11.1. The fourth-order valence-electron chi connectivity index (χ4n) is 0.723. The molecule has 0 saturated carbocycles. The van der Waals surface area contributed by atoms with E-state index in [9.17, 15) is 9.59 Å². The zero-order valence-corrected chi connectivity index (χ0v) is 8.89. The number of rotatable bonds is 7. The zero-order chi connectivity index (χ0) is 10.3. The quantitative estimate of drug-likeness (QED) is 0.642. The molecular weight excluding hydrogens is 188 g/mol. The number of hydrogen-bond acceptors (Lipinski definition) is 3. The van der Waals surface area contributed by atoms with E-state index >= 15 is 0 Å². The summed E-state index contributed by atoms with van der Waals surface area (Å²) < 4.78 is 0. The third-order valence-electron chi connectivity index (χ3n) is 1.60. The van der Waals surface area contributed by atoms with Crippen LogP contribution in [0.4, 0.5) is 0 Å². The van der Waals surface area contributed by atoms with Crippen LogP contribution < -0.4 is 0 Å². The summed E-state index contributed by atoms with van der Waals surface area (Å²) in [6.45, 7) is 3.76. The molecule has 76 valence electrons. The minimum absolute atomic E-state index is 0.0973. The second-order valence-electron chi connectivity index (χ2n) is 3.13. The van der Waals surface area contributed by atoms with Gasteiger partial charge in [0, 0.05) is 23.8 Å². The van der Waals surface area contributed by atoms with Gasteiger partial charge in [-0.2, -0.15) is 11.8 Å². The number of hydrogen-bond donors (Lipinski definition) is 1. The number of carboxylic acid groups (broad SMARTS) is 1. The van der Waals surface area contributed by atoms with Crippen molar-refractivity contribution in [2.75, 3.05) is 11.5 Å². The molecule has 4 heteroatoms. The van der Waals surface area contributed by atoms with E-state index in [0.29, 0.717) is 12.2 Å². The second kappa shape index (κ2) is 6.95. The molecule has 3 nitrogen and oxygen atoms in total. The summed E-state index contributed by atoms with van der Waals surface area (Å²) >= 11 is 1.53. The van der Waals surface area contributed by atoms with E-state index in [1.807, 2.05) is 13.8 Å². The van der Waals surface area contributed by atoms with Gasteiger partial charge in [0.1, 0.15) is 5.78 Å². The minimum atomic E-state index is -0.775. The van der Waals surface area contributed by atoms with Crippen molar-refractivity contribution in [3.05, 3.63) is 0 Å². The highest BCUT2D eigenvalue weighted by atomic mass is 32.2. The first-order valence-electron chi connectivity index (χ1n) is 4.36. The van der Waals surface area contributed by atoms with E-state index in [0.717, 1.165) is 5.75 Å². The lowest BCUT2D eigenvalue weighted by molar-refractivity contribution is -0.136. The summed E-state index contributed by atoms with van der Waals surface area (Å²) in [4.78, 5) is 21.2. The Morgan fingerprint density at radius 1 is 1.23 bits per heavy atom. The number of Topliss-reactive ketones (excluding diaryl/α,β-unsaturated/α-hetero) is 1. The average molecular weight is 204 g/mol. The second-order valence-corrected chi connectivity index (χ2v) is 4.35. The molecule has 0 radical (unpaired) electrons. The molecule has 0 heterocycles. The lowest BCUT2D eigenvalue weighted by Crippen LogP contribution is -2.08. The number of aliphatic carboxylic acids is 1. The van der Waals surface area contributed by atoms with Gasteiger partial charge in [-0.05, 0) is 0 Å². The Morgan fingerprint density at radius 2 is 1.77 bits per heavy atom. The molecule has 0 aromatic rings. The van der Waals surface area contributed by atoms with Crippen LogP contribution in [0, 0.1) is 5.92 Å². The molecule has 0 unspecified atom stereocenters. The van der Waals surface area contributed by atoms with Gasteiger partial charge in [0.05, 0.1) is 6.42 Å². The molecule has 0 aliphatic carbocycles. The van der Waals surface area contributed by atoms with Crippen molar-refractivity contribution < 1.29 is 14.7 Å². The van der Waals surface area contributed by atoms with Crippen molar-refractivity contribution in [2.45, 2.75) is 26.7 Å². The van der Waals surface area contributed by atoms with Crippen LogP contribution in [0.3, 0.4) is 0 Å². The van der Waals surface area contributed by atoms with Gasteiger partial charge in [-0.25, -0.2) is 0 Å². The summed E-state index contributed by atoms with van der Waals surface area (Å²) in [6.07, 6.45) is 0.739. The van der Waals surface area contributed by atoms with Crippen LogP contribution in [0.15, 0.2) is 0 Å². The number of ketones is 1. The van der Waals surface area contributed by atoms with Crippen molar-refractivity contribution >= 4 is 23.5 Å². The van der Waals surface area contributed by atoms with Crippen LogP contribution in [-0.4, -0.2) is 28.4 Å². The molecule has 0 fully saturated rings. The van der Waals surface area contributed by atoms with Crippen molar-refractivity contribution in [1.29, 1.82) is 0 Å². The van der Waals surface area contributed by atoms with Crippen molar-refractivity contribution in [3.8, 4) is 0 Å². The molecule has 0 atom stereocenters. The first-order chi connectivity index (χ1) is 6.04. The van der Waals surface area contributed by atoms with Gasteiger partial charge in [0.15, 0.2) is 0 Å². The average Bonchev–Trinajstić information content (AvgIpc) is 2.02. The highest BCUT2D eigenvalue weighted by molar-refractivity contribution is 7.99. The zero-order valence-electron chi connectivity index (χ0n) is 8.08. The lowest BCUT2D eigenvalue weighted by Gasteiger charge is -2.02. The van der Waals surface area contributed by atoms with Gasteiger partial charge in [-0.3, -0.25) is 9.59 Å². The van der Waals surface area contributed by atoms with Crippen LogP contribution in [-0.2, 0) is 9.59 Å². The number of carboxylic acids is 1. The Hall–Kier alpha value is -0.510. The first-order valence-corrected chi connectivity index (χ1v) is 5.51. The fourth-order valence-corrected chi connectivity index (χ4v) is 1.59. The summed E-state index contributed by atoms with van der Waals surface area (Å²) in [5.41, 5.74) is 0. The van der Waals surface area contributed by atoms with Crippen LogP contribution in [0.25, 0.3) is 0 Å². The van der Waals surface area contributed by atoms with Crippen molar-refractivity contribution in [3.63, 3.8) is 0 Å². The summed E-state index contributed by atoms with van der Waals surface area (Å²) in [7, 11) is 0. The topological polar surface area (TPSA) is 54.4 Å². The Bertz CT molecular complexity index is 178. The van der Waals surface area contributed by atoms with Crippen molar-refractivity contribution in [2.24, 2.45) is 5.92 Å². The van der Waals surface area contributed by atoms with Crippen LogP contribution in [0.1, 0.15) is 26.7 Å². The molecule has 0 aromatic heterocycles. The first kappa shape index (κ1) is 12.5. The lowest BCUT2D eigenvalue weighted by atomic mass is 10.1. The summed E-state index contributed by atoms with van der Waals surface area (Å²) in [5.74, 6) is 0.913. The van der Waals surface area contributed by atoms with E-state index < -0.39 is 5.97 Å². The normalized spacial score (nSPS) is 10.4. The molecule has 1 N–H and O–H groups in total. The Kier molecular flexibility index (Phi) is 6.68. The maximum Gasteiger partial charge on any atom is 0.304 e. The van der Waals surface area contributed by atoms with Crippen LogP contribution in [0.5, 0.6) is 0 Å². The van der Waals surface area contributed by atoms with E-state index in [-0.39, 0.29) is 18.1 Å². The Morgan fingerprint density at radius 3 is 2.23 bits per heavy atom. The van der Waals surface area contributed by atoms with Crippen LogP contribution >= 0.6 is 11.8 Å². The van der Waals surface area contributed by atoms with E-state index in [1.54, 1.807) is 0 Å². The third-order valence-corrected chi connectivity index (χ3v) is 2.58. The van der Waals surface area contributed by atoms with Gasteiger partial charge >= 0.3 is 5.97 Å².